The lowest BCUT2D eigenvalue weighted by Gasteiger charge is -2.14. The van der Waals surface area contributed by atoms with E-state index < -0.39 is 0 Å². The summed E-state index contributed by atoms with van der Waals surface area (Å²) >= 11 is 2.13. The van der Waals surface area contributed by atoms with Gasteiger partial charge in [-0.25, -0.2) is 0 Å². The third-order valence-corrected chi connectivity index (χ3v) is 6.09. The Morgan fingerprint density at radius 1 is 1.29 bits per heavy atom. The van der Waals surface area contributed by atoms with E-state index >= 15 is 0 Å². The van der Waals surface area contributed by atoms with Crippen molar-refractivity contribution in [3.63, 3.8) is 0 Å². The van der Waals surface area contributed by atoms with E-state index in [-0.39, 0.29) is 0 Å². The van der Waals surface area contributed by atoms with Crippen molar-refractivity contribution in [2.24, 2.45) is 7.05 Å². The average molecular weight is 302 g/mol. The molecule has 1 saturated carbocycles. The van der Waals surface area contributed by atoms with E-state index in [9.17, 15) is 0 Å². The number of nitrogens with zero attached hydrogens (tertiary/aromatic N) is 1. The van der Waals surface area contributed by atoms with E-state index in [0.717, 1.165) is 11.8 Å². The second-order valence-electron chi connectivity index (χ2n) is 6.12. The minimum Gasteiger partial charge on any atom is -0.346 e. The minimum atomic E-state index is 0.700. The van der Waals surface area contributed by atoms with Gasteiger partial charge in [-0.1, -0.05) is 25.1 Å². The molecule has 114 valence electrons. The quantitative estimate of drug-likeness (QED) is 0.889. The lowest BCUT2D eigenvalue weighted by Crippen LogP contribution is -2.27. The first-order valence-corrected chi connectivity index (χ1v) is 9.13. The number of fused-ring (bicyclic) bond motifs is 1. The number of hydrogen-bond donors (Lipinski definition) is 1. The Hall–Kier alpha value is -0.930. The van der Waals surface area contributed by atoms with Gasteiger partial charge in [0.15, 0.2) is 0 Å². The standard InChI is InChI=1S/C18H26N2S/c1-4-21-15-10-9-14(11-15)19-12-18-13(2)16-7-5-6-8-17(16)20(18)3/h5-8,14-15,19H,4,9-12H2,1-3H3. The molecule has 0 aliphatic heterocycles. The summed E-state index contributed by atoms with van der Waals surface area (Å²) in [5, 5.41) is 6.06. The molecule has 2 atom stereocenters. The topological polar surface area (TPSA) is 17.0 Å². The summed E-state index contributed by atoms with van der Waals surface area (Å²) in [4.78, 5) is 0. The predicted molar refractivity (Wildman–Crippen MR) is 94.1 cm³/mol. The molecule has 1 aliphatic carbocycles. The minimum absolute atomic E-state index is 0.700. The number of aryl methyl sites for hydroxylation is 2. The predicted octanol–water partition coefficient (Wildman–Crippen LogP) is 4.25. The van der Waals surface area contributed by atoms with Gasteiger partial charge in [0.2, 0.25) is 0 Å². The number of hydrogen-bond acceptors (Lipinski definition) is 2. The van der Waals surface area contributed by atoms with Gasteiger partial charge >= 0.3 is 0 Å². The van der Waals surface area contributed by atoms with Crippen LogP contribution in [0, 0.1) is 6.92 Å². The van der Waals surface area contributed by atoms with Crippen molar-refractivity contribution in [3.8, 4) is 0 Å². The second kappa shape index (κ2) is 6.45. The molecule has 1 heterocycles. The molecule has 21 heavy (non-hydrogen) atoms. The van der Waals surface area contributed by atoms with Crippen molar-refractivity contribution < 1.29 is 0 Å². The van der Waals surface area contributed by atoms with Crippen molar-refractivity contribution in [3.05, 3.63) is 35.5 Å². The first-order chi connectivity index (χ1) is 10.2. The molecule has 1 aromatic carbocycles. The molecule has 0 bridgehead atoms. The number of para-hydroxylation sites is 1. The summed E-state index contributed by atoms with van der Waals surface area (Å²) in [6, 6.07) is 9.41. The van der Waals surface area contributed by atoms with Crippen LogP contribution in [0.4, 0.5) is 0 Å². The molecular weight excluding hydrogens is 276 g/mol. The Morgan fingerprint density at radius 2 is 2.10 bits per heavy atom. The van der Waals surface area contributed by atoms with Gasteiger partial charge in [0.05, 0.1) is 0 Å². The third kappa shape index (κ3) is 3.00. The lowest BCUT2D eigenvalue weighted by molar-refractivity contribution is 0.514. The van der Waals surface area contributed by atoms with Crippen molar-refractivity contribution in [1.29, 1.82) is 0 Å². The van der Waals surface area contributed by atoms with Crippen LogP contribution in [-0.4, -0.2) is 21.6 Å². The fraction of sp³-hybridized carbons (Fsp3) is 0.556. The SMILES string of the molecule is CCSC1CCC(NCc2c(C)c3ccccc3n2C)C1. The fourth-order valence-corrected chi connectivity index (χ4v) is 4.78. The van der Waals surface area contributed by atoms with Crippen molar-refractivity contribution in [2.75, 3.05) is 5.75 Å². The van der Waals surface area contributed by atoms with E-state index in [0.29, 0.717) is 6.04 Å². The van der Waals surface area contributed by atoms with Gasteiger partial charge in [0, 0.05) is 41.5 Å². The molecule has 0 saturated heterocycles. The number of thioether (sulfide) groups is 1. The summed E-state index contributed by atoms with van der Waals surface area (Å²) in [5.74, 6) is 1.25. The molecule has 2 unspecified atom stereocenters. The normalized spacial score (nSPS) is 22.2. The van der Waals surface area contributed by atoms with Gasteiger partial charge in [-0.15, -0.1) is 0 Å². The Labute approximate surface area is 132 Å². The summed E-state index contributed by atoms with van der Waals surface area (Å²) in [6.45, 7) is 5.51. The summed E-state index contributed by atoms with van der Waals surface area (Å²) < 4.78 is 2.35. The zero-order valence-electron chi connectivity index (χ0n) is 13.4. The highest BCUT2D eigenvalue weighted by Gasteiger charge is 2.24. The maximum atomic E-state index is 3.79. The highest BCUT2D eigenvalue weighted by molar-refractivity contribution is 7.99. The van der Waals surface area contributed by atoms with E-state index in [2.05, 4.69) is 66.8 Å². The van der Waals surface area contributed by atoms with Crippen LogP contribution >= 0.6 is 11.8 Å². The first-order valence-electron chi connectivity index (χ1n) is 8.08. The molecule has 1 aliphatic rings. The average Bonchev–Trinajstić information content (AvgIpc) is 3.03. The van der Waals surface area contributed by atoms with Crippen LogP contribution in [0.3, 0.4) is 0 Å². The van der Waals surface area contributed by atoms with Crippen molar-refractivity contribution in [1.82, 2.24) is 9.88 Å². The molecule has 2 nitrogen and oxygen atoms in total. The van der Waals surface area contributed by atoms with E-state index in [4.69, 9.17) is 0 Å². The smallest absolute Gasteiger partial charge is 0.0483 e. The van der Waals surface area contributed by atoms with Crippen LogP contribution in [0.1, 0.15) is 37.4 Å². The molecule has 0 spiro atoms. The van der Waals surface area contributed by atoms with Crippen LogP contribution in [0.15, 0.2) is 24.3 Å². The Balaban J connectivity index is 1.69. The van der Waals surface area contributed by atoms with Gasteiger partial charge in [-0.3, -0.25) is 0 Å². The molecule has 2 aromatic rings. The largest absolute Gasteiger partial charge is 0.346 e. The number of aromatic nitrogens is 1. The van der Waals surface area contributed by atoms with E-state index in [1.54, 1.807) is 0 Å². The van der Waals surface area contributed by atoms with Crippen LogP contribution in [0.2, 0.25) is 0 Å². The first kappa shape index (κ1) is 15.0. The van der Waals surface area contributed by atoms with Gasteiger partial charge in [-0.05, 0) is 43.6 Å². The molecule has 3 rings (SSSR count). The molecule has 1 fully saturated rings. The number of nitrogens with one attached hydrogen (secondary N) is 1. The highest BCUT2D eigenvalue weighted by Crippen LogP contribution is 2.30. The molecule has 1 N–H and O–H groups in total. The number of benzene rings is 1. The summed E-state index contributed by atoms with van der Waals surface area (Å²) in [7, 11) is 2.19. The van der Waals surface area contributed by atoms with Crippen molar-refractivity contribution >= 4 is 22.7 Å². The molecule has 1 aromatic heterocycles. The summed E-state index contributed by atoms with van der Waals surface area (Å²) in [6.07, 6.45) is 4.05. The molecule has 0 amide bonds. The van der Waals surface area contributed by atoms with E-state index in [1.165, 1.54) is 47.2 Å². The van der Waals surface area contributed by atoms with Crippen LogP contribution < -0.4 is 5.32 Å². The molecule has 3 heteroatoms. The lowest BCUT2D eigenvalue weighted by atomic mass is 10.1. The monoisotopic (exact) mass is 302 g/mol. The van der Waals surface area contributed by atoms with Crippen LogP contribution in [0.25, 0.3) is 10.9 Å². The van der Waals surface area contributed by atoms with Gasteiger partial charge in [0.1, 0.15) is 0 Å². The molecular formula is C18H26N2S. The fourth-order valence-electron chi connectivity index (χ4n) is 3.64. The van der Waals surface area contributed by atoms with E-state index in [1.807, 2.05) is 0 Å². The summed E-state index contributed by atoms with van der Waals surface area (Å²) in [5.41, 5.74) is 4.21. The second-order valence-corrected chi connectivity index (χ2v) is 7.69. The van der Waals surface area contributed by atoms with Crippen LogP contribution in [-0.2, 0) is 13.6 Å². The zero-order chi connectivity index (χ0) is 14.8. The van der Waals surface area contributed by atoms with Crippen LogP contribution in [0.5, 0.6) is 0 Å². The Bertz CT molecular complexity index is 578. The van der Waals surface area contributed by atoms with Gasteiger partial charge < -0.3 is 9.88 Å². The van der Waals surface area contributed by atoms with Gasteiger partial charge in [-0.2, -0.15) is 11.8 Å². The Morgan fingerprint density at radius 3 is 2.86 bits per heavy atom. The Kier molecular flexibility index (Phi) is 4.60. The zero-order valence-corrected chi connectivity index (χ0v) is 14.2. The number of rotatable bonds is 5. The van der Waals surface area contributed by atoms with Crippen molar-refractivity contribution in [2.45, 2.75) is 50.9 Å². The molecule has 0 radical (unpaired) electrons. The maximum absolute atomic E-state index is 3.79. The highest BCUT2D eigenvalue weighted by atomic mass is 32.2. The third-order valence-electron chi connectivity index (χ3n) is 4.85. The van der Waals surface area contributed by atoms with Gasteiger partial charge in [0.25, 0.3) is 0 Å². The maximum Gasteiger partial charge on any atom is 0.0483 e.